The van der Waals surface area contributed by atoms with Crippen LogP contribution in [0.1, 0.15) is 5.56 Å². The van der Waals surface area contributed by atoms with E-state index < -0.39 is 0 Å². The van der Waals surface area contributed by atoms with Crippen molar-refractivity contribution in [2.45, 2.75) is 6.54 Å². The Morgan fingerprint density at radius 3 is 2.16 bits per heavy atom. The van der Waals surface area contributed by atoms with Crippen molar-refractivity contribution >= 4 is 10.9 Å². The molecule has 0 unspecified atom stereocenters. The van der Waals surface area contributed by atoms with Gasteiger partial charge in [0.2, 0.25) is 0 Å². The van der Waals surface area contributed by atoms with Crippen molar-refractivity contribution in [3.63, 3.8) is 0 Å². The molecule has 0 saturated carbocycles. The zero-order chi connectivity index (χ0) is 17.2. The second-order valence-electron chi connectivity index (χ2n) is 6.03. The minimum atomic E-state index is -0.205. The van der Waals surface area contributed by atoms with Crippen LogP contribution < -0.4 is 5.56 Å². The van der Waals surface area contributed by atoms with Crippen molar-refractivity contribution in [1.82, 2.24) is 4.57 Å². The van der Waals surface area contributed by atoms with Crippen LogP contribution in [0.4, 0.5) is 0 Å². The van der Waals surface area contributed by atoms with E-state index in [0.29, 0.717) is 11.9 Å². The summed E-state index contributed by atoms with van der Waals surface area (Å²) in [6, 6.07) is 27.1. The normalized spacial score (nSPS) is 10.9. The summed E-state index contributed by atoms with van der Waals surface area (Å²) in [6.07, 6.45) is 0. The predicted octanol–water partition coefficient (Wildman–Crippen LogP) is 4.42. The molecule has 122 valence electrons. The third-order valence-corrected chi connectivity index (χ3v) is 4.40. The van der Waals surface area contributed by atoms with Gasteiger partial charge in [0.05, 0.1) is 12.1 Å². The Labute approximate surface area is 145 Å². The maximum absolute atomic E-state index is 12.3. The number of aromatic nitrogens is 1. The number of hydrogen-bond donors (Lipinski definition) is 1. The Balaban J connectivity index is 1.72. The second-order valence-corrected chi connectivity index (χ2v) is 6.03. The van der Waals surface area contributed by atoms with Crippen molar-refractivity contribution in [3.05, 3.63) is 101 Å². The van der Waals surface area contributed by atoms with Gasteiger partial charge in [-0.15, -0.1) is 0 Å². The summed E-state index contributed by atoms with van der Waals surface area (Å²) in [7, 11) is 0. The van der Waals surface area contributed by atoms with Gasteiger partial charge in [-0.3, -0.25) is 4.79 Å². The number of rotatable bonds is 3. The summed E-state index contributed by atoms with van der Waals surface area (Å²) in [5.74, 6) is 0.0243. The molecule has 3 nitrogen and oxygen atoms in total. The summed E-state index contributed by atoms with van der Waals surface area (Å²) in [6.45, 7) is 0.467. The molecule has 0 spiro atoms. The molecule has 0 saturated heterocycles. The topological polar surface area (TPSA) is 42.2 Å². The second kappa shape index (κ2) is 6.29. The fraction of sp³-hybridized carbons (Fsp3) is 0.0455. The molecule has 0 aliphatic heterocycles. The van der Waals surface area contributed by atoms with E-state index in [1.54, 1.807) is 4.57 Å². The molecule has 0 atom stereocenters. The highest BCUT2D eigenvalue weighted by Crippen LogP contribution is 2.23. The van der Waals surface area contributed by atoms with Gasteiger partial charge in [-0.2, -0.15) is 0 Å². The third kappa shape index (κ3) is 2.92. The molecular formula is C22H17NO2. The molecule has 1 aromatic heterocycles. The molecule has 0 fully saturated rings. The molecule has 25 heavy (non-hydrogen) atoms. The Bertz CT molecular complexity index is 1080. The first-order chi connectivity index (χ1) is 12.2. The lowest BCUT2D eigenvalue weighted by molar-refractivity contribution is 0.479. The van der Waals surface area contributed by atoms with E-state index in [2.05, 4.69) is 24.3 Å². The number of hydrogen-bond acceptors (Lipinski definition) is 2. The van der Waals surface area contributed by atoms with Crippen molar-refractivity contribution < 1.29 is 5.11 Å². The number of nitrogens with zero attached hydrogens (tertiary/aromatic N) is 1. The summed E-state index contributed by atoms with van der Waals surface area (Å²) in [5, 5.41) is 10.7. The first-order valence-electron chi connectivity index (χ1n) is 8.18. The largest absolute Gasteiger partial charge is 0.507 e. The maximum Gasteiger partial charge on any atom is 0.255 e. The van der Waals surface area contributed by atoms with E-state index >= 15 is 0 Å². The van der Waals surface area contributed by atoms with Gasteiger partial charge in [-0.1, -0.05) is 66.7 Å². The molecule has 4 rings (SSSR count). The third-order valence-electron chi connectivity index (χ3n) is 4.40. The quantitative estimate of drug-likeness (QED) is 0.605. The maximum atomic E-state index is 12.3. The molecule has 0 aliphatic rings. The van der Waals surface area contributed by atoms with Gasteiger partial charge in [0, 0.05) is 11.5 Å². The minimum Gasteiger partial charge on any atom is -0.507 e. The molecular weight excluding hydrogens is 310 g/mol. The van der Waals surface area contributed by atoms with Crippen LogP contribution in [0.5, 0.6) is 5.75 Å². The zero-order valence-electron chi connectivity index (χ0n) is 13.6. The monoisotopic (exact) mass is 327 g/mol. The Morgan fingerprint density at radius 2 is 1.40 bits per heavy atom. The fourth-order valence-corrected chi connectivity index (χ4v) is 3.10. The van der Waals surface area contributed by atoms with Crippen LogP contribution in [0.3, 0.4) is 0 Å². The molecule has 0 aliphatic carbocycles. The van der Waals surface area contributed by atoms with E-state index in [4.69, 9.17) is 0 Å². The van der Waals surface area contributed by atoms with Crippen LogP contribution in [-0.2, 0) is 6.54 Å². The van der Waals surface area contributed by atoms with Gasteiger partial charge in [0.1, 0.15) is 5.75 Å². The molecule has 0 amide bonds. The van der Waals surface area contributed by atoms with Crippen molar-refractivity contribution in [1.29, 1.82) is 0 Å². The van der Waals surface area contributed by atoms with E-state index in [0.717, 1.165) is 16.6 Å². The van der Waals surface area contributed by atoms with Gasteiger partial charge in [0.15, 0.2) is 0 Å². The van der Waals surface area contributed by atoms with E-state index in [1.807, 2.05) is 54.6 Å². The molecule has 1 N–H and O–H groups in total. The molecule has 3 heteroatoms. The van der Waals surface area contributed by atoms with Gasteiger partial charge in [0.25, 0.3) is 5.56 Å². The minimum absolute atomic E-state index is 0.0243. The number of pyridine rings is 1. The first-order valence-corrected chi connectivity index (χ1v) is 8.18. The Kier molecular flexibility index (Phi) is 3.82. The molecule has 0 radical (unpaired) electrons. The van der Waals surface area contributed by atoms with Crippen LogP contribution in [0.25, 0.3) is 22.0 Å². The number of fused-ring (bicyclic) bond motifs is 1. The average molecular weight is 327 g/mol. The smallest absolute Gasteiger partial charge is 0.255 e. The molecule has 1 heterocycles. The standard InChI is InChI=1S/C22H17NO2/c24-21-14-22(25)23(20-9-5-4-8-19(20)21)15-16-10-12-18(13-11-16)17-6-2-1-3-7-17/h1-14,24H,15H2. The highest BCUT2D eigenvalue weighted by Gasteiger charge is 2.08. The number of aromatic hydroxyl groups is 1. The highest BCUT2D eigenvalue weighted by atomic mass is 16.3. The highest BCUT2D eigenvalue weighted by molar-refractivity contribution is 5.85. The zero-order valence-corrected chi connectivity index (χ0v) is 13.6. The summed E-state index contributed by atoms with van der Waals surface area (Å²) in [5.41, 5.74) is 3.88. The van der Waals surface area contributed by atoms with Gasteiger partial charge < -0.3 is 9.67 Å². The van der Waals surface area contributed by atoms with Crippen LogP contribution in [0.2, 0.25) is 0 Å². The van der Waals surface area contributed by atoms with E-state index in [-0.39, 0.29) is 11.3 Å². The van der Waals surface area contributed by atoms with Crippen LogP contribution in [-0.4, -0.2) is 9.67 Å². The Hall–Kier alpha value is -3.33. The SMILES string of the molecule is O=c1cc(O)c2ccccc2n1Cc1ccc(-c2ccccc2)cc1. The summed E-state index contributed by atoms with van der Waals surface area (Å²) in [4.78, 5) is 12.3. The molecule has 3 aromatic carbocycles. The summed E-state index contributed by atoms with van der Waals surface area (Å²) < 4.78 is 1.69. The lowest BCUT2D eigenvalue weighted by atomic mass is 10.0. The van der Waals surface area contributed by atoms with Crippen molar-refractivity contribution in [2.24, 2.45) is 0 Å². The van der Waals surface area contributed by atoms with Crippen molar-refractivity contribution in [2.75, 3.05) is 0 Å². The van der Waals surface area contributed by atoms with Gasteiger partial charge in [-0.25, -0.2) is 0 Å². The van der Waals surface area contributed by atoms with E-state index in [9.17, 15) is 9.90 Å². The van der Waals surface area contributed by atoms with Gasteiger partial charge >= 0.3 is 0 Å². The lowest BCUT2D eigenvalue weighted by Crippen LogP contribution is -2.20. The van der Waals surface area contributed by atoms with Crippen LogP contribution in [0, 0.1) is 0 Å². The lowest BCUT2D eigenvalue weighted by Gasteiger charge is -2.12. The van der Waals surface area contributed by atoms with Crippen molar-refractivity contribution in [3.8, 4) is 16.9 Å². The van der Waals surface area contributed by atoms with Crippen LogP contribution in [0.15, 0.2) is 89.7 Å². The van der Waals surface area contributed by atoms with Gasteiger partial charge in [-0.05, 0) is 28.8 Å². The molecule has 0 bridgehead atoms. The average Bonchev–Trinajstić information content (AvgIpc) is 2.66. The van der Waals surface area contributed by atoms with Crippen LogP contribution >= 0.6 is 0 Å². The number of para-hydroxylation sites is 1. The number of benzene rings is 3. The summed E-state index contributed by atoms with van der Waals surface area (Å²) >= 11 is 0. The predicted molar refractivity (Wildman–Crippen MR) is 101 cm³/mol. The first kappa shape index (κ1) is 15.2. The Morgan fingerprint density at radius 1 is 0.760 bits per heavy atom. The fourth-order valence-electron chi connectivity index (χ4n) is 3.10. The van der Waals surface area contributed by atoms with E-state index in [1.165, 1.54) is 11.6 Å². The molecule has 4 aromatic rings.